The first-order chi connectivity index (χ1) is 16.8. The van der Waals surface area contributed by atoms with E-state index in [2.05, 4.69) is 15.3 Å². The molecule has 0 heterocycles. The Bertz CT molecular complexity index is 1300. The van der Waals surface area contributed by atoms with E-state index >= 15 is 0 Å². The molecule has 0 saturated heterocycles. The van der Waals surface area contributed by atoms with Gasteiger partial charge in [0.15, 0.2) is 6.61 Å². The molecule has 0 aliphatic heterocycles. The molecule has 182 valence electrons. The summed E-state index contributed by atoms with van der Waals surface area (Å²) >= 11 is 5.94. The van der Waals surface area contributed by atoms with Gasteiger partial charge < -0.3 is 9.47 Å². The molecular formula is C24H22ClN3O6S. The molecule has 0 fully saturated rings. The maximum atomic E-state index is 13.2. The van der Waals surface area contributed by atoms with Crippen LogP contribution in [0, 0.1) is 0 Å². The van der Waals surface area contributed by atoms with E-state index in [1.54, 1.807) is 42.5 Å². The predicted octanol–water partition coefficient (Wildman–Crippen LogP) is 3.24. The number of nitrogens with one attached hydrogen (secondary N) is 1. The largest absolute Gasteiger partial charge is 0.482 e. The number of esters is 1. The minimum absolute atomic E-state index is 0.0371. The summed E-state index contributed by atoms with van der Waals surface area (Å²) in [5.41, 5.74) is 3.18. The molecule has 3 rings (SSSR count). The highest BCUT2D eigenvalue weighted by molar-refractivity contribution is 7.92. The summed E-state index contributed by atoms with van der Waals surface area (Å²) in [5, 5.41) is 4.32. The molecule has 0 spiro atoms. The van der Waals surface area contributed by atoms with Gasteiger partial charge in [0.2, 0.25) is 0 Å². The van der Waals surface area contributed by atoms with E-state index in [1.807, 2.05) is 0 Å². The number of halogens is 1. The number of hydrogen-bond acceptors (Lipinski definition) is 7. The highest BCUT2D eigenvalue weighted by Gasteiger charge is 2.27. The van der Waals surface area contributed by atoms with Gasteiger partial charge in [0, 0.05) is 5.02 Å². The smallest absolute Gasteiger partial charge is 0.343 e. The molecule has 11 heteroatoms. The van der Waals surface area contributed by atoms with Crippen LogP contribution in [0.25, 0.3) is 0 Å². The molecule has 0 saturated carbocycles. The van der Waals surface area contributed by atoms with Crippen molar-refractivity contribution in [2.24, 2.45) is 5.10 Å². The van der Waals surface area contributed by atoms with Gasteiger partial charge in [-0.2, -0.15) is 5.10 Å². The van der Waals surface area contributed by atoms with Crippen LogP contribution in [0.4, 0.5) is 5.69 Å². The van der Waals surface area contributed by atoms with Crippen LogP contribution in [0.3, 0.4) is 0 Å². The Morgan fingerprint density at radius 2 is 1.74 bits per heavy atom. The number of hydrogen-bond donors (Lipinski definition) is 1. The Labute approximate surface area is 208 Å². The number of carbonyl (C=O) groups excluding carboxylic acids is 2. The molecule has 3 aromatic rings. The fourth-order valence-corrected chi connectivity index (χ4v) is 4.44. The number of nitrogens with zero attached hydrogens (tertiary/aromatic N) is 2. The number of anilines is 1. The van der Waals surface area contributed by atoms with Crippen molar-refractivity contribution < 1.29 is 27.5 Å². The van der Waals surface area contributed by atoms with E-state index in [9.17, 15) is 18.0 Å². The Kier molecular flexibility index (Phi) is 8.82. The predicted molar refractivity (Wildman–Crippen MR) is 132 cm³/mol. The van der Waals surface area contributed by atoms with Crippen LogP contribution < -0.4 is 14.5 Å². The van der Waals surface area contributed by atoms with E-state index in [4.69, 9.17) is 16.3 Å². The lowest BCUT2D eigenvalue weighted by molar-refractivity contribution is -0.142. The van der Waals surface area contributed by atoms with Crippen molar-refractivity contribution in [2.45, 2.75) is 4.90 Å². The van der Waals surface area contributed by atoms with E-state index in [0.29, 0.717) is 16.3 Å². The first kappa shape index (κ1) is 25.7. The number of hydrazone groups is 1. The van der Waals surface area contributed by atoms with Crippen LogP contribution in [0.2, 0.25) is 5.02 Å². The van der Waals surface area contributed by atoms with Crippen LogP contribution in [0.15, 0.2) is 88.9 Å². The van der Waals surface area contributed by atoms with Crippen molar-refractivity contribution in [3.05, 3.63) is 89.4 Å². The summed E-state index contributed by atoms with van der Waals surface area (Å²) in [6.45, 7) is -0.761. The second-order valence-corrected chi connectivity index (χ2v) is 9.33. The highest BCUT2D eigenvalue weighted by atomic mass is 35.5. The number of sulfonamides is 1. The van der Waals surface area contributed by atoms with E-state index in [1.165, 1.54) is 49.7 Å². The topological polar surface area (TPSA) is 114 Å². The van der Waals surface area contributed by atoms with Gasteiger partial charge in [-0.1, -0.05) is 41.9 Å². The fraction of sp³-hybridized carbons (Fsp3) is 0.125. The summed E-state index contributed by atoms with van der Waals surface area (Å²) in [7, 11) is -2.78. The maximum absolute atomic E-state index is 13.2. The number of methoxy groups -OCH3 is 1. The summed E-state index contributed by atoms with van der Waals surface area (Å²) in [6.07, 6.45) is 1.36. The quantitative estimate of drug-likeness (QED) is 0.252. The van der Waals surface area contributed by atoms with Gasteiger partial charge >= 0.3 is 5.97 Å². The van der Waals surface area contributed by atoms with Gasteiger partial charge in [0.25, 0.3) is 15.9 Å². The molecule has 9 nitrogen and oxygen atoms in total. The van der Waals surface area contributed by atoms with Crippen molar-refractivity contribution in [2.75, 3.05) is 24.6 Å². The van der Waals surface area contributed by atoms with Crippen molar-refractivity contribution in [3.8, 4) is 5.75 Å². The average molecular weight is 516 g/mol. The summed E-state index contributed by atoms with van der Waals surface area (Å²) in [6, 6.07) is 20.5. The van der Waals surface area contributed by atoms with Gasteiger partial charge in [-0.25, -0.2) is 18.6 Å². The Hall–Kier alpha value is -3.89. The lowest BCUT2D eigenvalue weighted by Gasteiger charge is -2.23. The molecule has 1 N–H and O–H groups in total. The first-order valence-corrected chi connectivity index (χ1v) is 12.1. The van der Waals surface area contributed by atoms with E-state index in [-0.39, 0.29) is 17.2 Å². The minimum atomic E-state index is -4.04. The van der Waals surface area contributed by atoms with Crippen molar-refractivity contribution in [3.63, 3.8) is 0 Å². The normalized spacial score (nSPS) is 11.1. The van der Waals surface area contributed by atoms with Crippen LogP contribution in [-0.4, -0.2) is 46.8 Å². The standard InChI is InChI=1S/C24H22ClN3O6S/c1-33-24(30)17-34-21-7-5-6-18(14-21)15-26-27-23(29)16-28(20-12-10-19(25)11-13-20)35(31,32)22-8-3-2-4-9-22/h2-15H,16-17H2,1H3,(H,27,29)/b26-15+. The number of benzene rings is 3. The summed E-state index contributed by atoms with van der Waals surface area (Å²) in [4.78, 5) is 23.9. The Balaban J connectivity index is 1.72. The molecule has 0 unspecified atom stereocenters. The zero-order valence-corrected chi connectivity index (χ0v) is 20.2. The van der Waals surface area contributed by atoms with Crippen molar-refractivity contribution >= 4 is 45.4 Å². The third-order valence-corrected chi connectivity index (χ3v) is 6.62. The SMILES string of the molecule is COC(=O)COc1cccc(/C=N/NC(=O)CN(c2ccc(Cl)cc2)S(=O)(=O)c2ccccc2)c1. The van der Waals surface area contributed by atoms with Gasteiger partial charge in [0.1, 0.15) is 12.3 Å². The van der Waals surface area contributed by atoms with Gasteiger partial charge in [0.05, 0.1) is 23.9 Å². The number of carbonyl (C=O) groups is 2. The lowest BCUT2D eigenvalue weighted by atomic mass is 10.2. The molecule has 0 radical (unpaired) electrons. The fourth-order valence-electron chi connectivity index (χ4n) is 2.87. The zero-order chi connectivity index (χ0) is 25.3. The van der Waals surface area contributed by atoms with Gasteiger partial charge in [-0.05, 0) is 54.1 Å². The second-order valence-electron chi connectivity index (χ2n) is 7.03. The molecule has 0 atom stereocenters. The highest BCUT2D eigenvalue weighted by Crippen LogP contribution is 2.25. The monoisotopic (exact) mass is 515 g/mol. The minimum Gasteiger partial charge on any atom is -0.482 e. The van der Waals surface area contributed by atoms with Crippen molar-refractivity contribution in [1.82, 2.24) is 5.43 Å². The Morgan fingerprint density at radius 1 is 1.03 bits per heavy atom. The van der Waals surface area contributed by atoms with E-state index in [0.717, 1.165) is 4.31 Å². The molecule has 0 aliphatic rings. The third kappa shape index (κ3) is 7.29. The summed E-state index contributed by atoms with van der Waals surface area (Å²) in [5.74, 6) is -0.769. The third-order valence-electron chi connectivity index (χ3n) is 4.58. The van der Waals surface area contributed by atoms with Crippen molar-refractivity contribution in [1.29, 1.82) is 0 Å². The van der Waals surface area contributed by atoms with Gasteiger partial charge in [-0.3, -0.25) is 9.10 Å². The summed E-state index contributed by atoms with van der Waals surface area (Å²) < 4.78 is 37.3. The molecule has 0 aromatic heterocycles. The first-order valence-electron chi connectivity index (χ1n) is 10.2. The molecule has 0 aliphatic carbocycles. The Morgan fingerprint density at radius 3 is 2.43 bits per heavy atom. The number of ether oxygens (including phenoxy) is 2. The molecule has 35 heavy (non-hydrogen) atoms. The maximum Gasteiger partial charge on any atom is 0.343 e. The number of rotatable bonds is 10. The van der Waals surface area contributed by atoms with Crippen LogP contribution in [0.1, 0.15) is 5.56 Å². The lowest BCUT2D eigenvalue weighted by Crippen LogP contribution is -2.39. The van der Waals surface area contributed by atoms with E-state index < -0.39 is 28.4 Å². The molecule has 0 bridgehead atoms. The second kappa shape index (κ2) is 12.0. The average Bonchev–Trinajstić information content (AvgIpc) is 2.87. The zero-order valence-electron chi connectivity index (χ0n) is 18.6. The van der Waals surface area contributed by atoms with Gasteiger partial charge in [-0.15, -0.1) is 0 Å². The molecule has 3 aromatic carbocycles. The van der Waals surface area contributed by atoms with Crippen LogP contribution >= 0.6 is 11.6 Å². The molecular weight excluding hydrogens is 494 g/mol. The number of amides is 1. The molecule has 1 amide bonds. The van der Waals surface area contributed by atoms with Crippen LogP contribution in [-0.2, 0) is 24.3 Å². The van der Waals surface area contributed by atoms with Crippen LogP contribution in [0.5, 0.6) is 5.75 Å².